The Kier molecular flexibility index (Phi) is 6.00. The number of amidine groups is 1. The van der Waals surface area contributed by atoms with Gasteiger partial charge in [0, 0.05) is 7.05 Å². The van der Waals surface area contributed by atoms with E-state index in [0.717, 1.165) is 4.90 Å². The molecule has 0 spiro atoms. The van der Waals surface area contributed by atoms with Gasteiger partial charge in [-0.05, 0) is 33.8 Å². The first-order chi connectivity index (χ1) is 8.62. The van der Waals surface area contributed by atoms with Crippen molar-refractivity contribution in [2.75, 3.05) is 7.05 Å². The van der Waals surface area contributed by atoms with Crippen LogP contribution in [0.3, 0.4) is 0 Å². The fraction of sp³-hybridized carbons (Fsp3) is 0.429. The lowest BCUT2D eigenvalue weighted by atomic mass is 10.2. The van der Waals surface area contributed by atoms with Crippen LogP contribution in [0.4, 0.5) is 9.18 Å². The summed E-state index contributed by atoms with van der Waals surface area (Å²) in [5.41, 5.74) is -0.613. The number of hydrogen-bond donors (Lipinski definition) is 0. The van der Waals surface area contributed by atoms with Crippen molar-refractivity contribution < 1.29 is 13.9 Å². The number of allylic oxidation sites excluding steroid dienone is 1. The van der Waals surface area contributed by atoms with Crippen LogP contribution in [0, 0.1) is 12.3 Å². The number of hydrogen-bond acceptors (Lipinski definition) is 3. The van der Waals surface area contributed by atoms with E-state index in [-0.39, 0.29) is 11.4 Å². The van der Waals surface area contributed by atoms with Crippen molar-refractivity contribution in [3.63, 3.8) is 0 Å². The summed E-state index contributed by atoms with van der Waals surface area (Å²) in [6.07, 6.45) is 5.65. The predicted molar refractivity (Wildman–Crippen MR) is 74.3 cm³/mol. The molecule has 0 rings (SSSR count). The number of terminal acetylenes is 1. The van der Waals surface area contributed by atoms with Gasteiger partial charge in [-0.15, -0.1) is 6.42 Å². The summed E-state index contributed by atoms with van der Waals surface area (Å²) in [4.78, 5) is 16.4. The molecule has 0 atom stereocenters. The molecule has 1 amide bonds. The van der Waals surface area contributed by atoms with E-state index in [1.807, 2.05) is 0 Å². The molecule has 4 nitrogen and oxygen atoms in total. The van der Waals surface area contributed by atoms with Crippen LogP contribution in [-0.2, 0) is 4.74 Å². The van der Waals surface area contributed by atoms with Gasteiger partial charge in [0.05, 0.1) is 5.57 Å². The molecule has 0 unspecified atom stereocenters. The van der Waals surface area contributed by atoms with Crippen molar-refractivity contribution in [1.82, 2.24) is 4.90 Å². The molecule has 0 heterocycles. The average Bonchev–Trinajstić information content (AvgIpc) is 2.31. The van der Waals surface area contributed by atoms with Crippen LogP contribution < -0.4 is 0 Å². The van der Waals surface area contributed by atoms with E-state index in [1.165, 1.54) is 20.0 Å². The smallest absolute Gasteiger partial charge is 0.415 e. The zero-order chi connectivity index (χ0) is 15.2. The Bertz CT molecular complexity index is 465. The van der Waals surface area contributed by atoms with Gasteiger partial charge in [0.25, 0.3) is 0 Å². The van der Waals surface area contributed by atoms with Gasteiger partial charge in [0.15, 0.2) is 0 Å². The number of amides is 1. The van der Waals surface area contributed by atoms with E-state index >= 15 is 0 Å². The zero-order valence-electron chi connectivity index (χ0n) is 12.0. The third-order valence-corrected chi connectivity index (χ3v) is 1.93. The van der Waals surface area contributed by atoms with E-state index in [0.29, 0.717) is 0 Å². The number of aliphatic imine (C=N–C) groups is 1. The zero-order valence-corrected chi connectivity index (χ0v) is 12.0. The van der Waals surface area contributed by atoms with Gasteiger partial charge in [-0.1, -0.05) is 12.5 Å². The molecule has 0 aromatic rings. The summed E-state index contributed by atoms with van der Waals surface area (Å²) in [7, 11) is 1.41. The summed E-state index contributed by atoms with van der Waals surface area (Å²) in [6.45, 7) is 10.1. The molecule has 104 valence electrons. The maximum atomic E-state index is 13.5. The largest absolute Gasteiger partial charge is 0.443 e. The third-order valence-electron chi connectivity index (χ3n) is 1.93. The molecule has 0 aliphatic heterocycles. The van der Waals surface area contributed by atoms with Crippen LogP contribution in [0.2, 0.25) is 0 Å². The van der Waals surface area contributed by atoms with E-state index < -0.39 is 17.6 Å². The van der Waals surface area contributed by atoms with Crippen LogP contribution >= 0.6 is 0 Å². The molecule has 0 fully saturated rings. The molecule has 0 aliphatic rings. The number of ether oxygens (including phenoxy) is 1. The fourth-order valence-corrected chi connectivity index (χ4v) is 0.925. The van der Waals surface area contributed by atoms with Crippen molar-refractivity contribution in [3.8, 4) is 12.3 Å². The van der Waals surface area contributed by atoms with Crippen LogP contribution in [0.5, 0.6) is 0 Å². The molecule has 0 aliphatic carbocycles. The van der Waals surface area contributed by atoms with E-state index in [4.69, 9.17) is 11.2 Å². The van der Waals surface area contributed by atoms with Crippen LogP contribution in [0.15, 0.2) is 29.2 Å². The van der Waals surface area contributed by atoms with Crippen molar-refractivity contribution in [2.45, 2.75) is 33.3 Å². The van der Waals surface area contributed by atoms with Crippen molar-refractivity contribution in [2.24, 2.45) is 4.99 Å². The SMILES string of the molecule is C#C/C(C)=C(\F)N=C(C=C)N(C)C(=O)OC(C)(C)C. The highest BCUT2D eigenvalue weighted by Crippen LogP contribution is 2.12. The highest BCUT2D eigenvalue weighted by atomic mass is 19.1. The number of rotatable bonds is 2. The second kappa shape index (κ2) is 6.74. The maximum absolute atomic E-state index is 13.5. The van der Waals surface area contributed by atoms with Crippen LogP contribution in [-0.4, -0.2) is 29.5 Å². The minimum atomic E-state index is -0.840. The van der Waals surface area contributed by atoms with Gasteiger partial charge in [-0.25, -0.2) is 9.79 Å². The molecule has 0 bridgehead atoms. The Labute approximate surface area is 113 Å². The van der Waals surface area contributed by atoms with E-state index in [1.54, 1.807) is 20.8 Å². The number of likely N-dealkylation sites (N-methyl/N-ethyl adjacent to an activating group) is 1. The quantitative estimate of drug-likeness (QED) is 0.333. The second-order valence-electron chi connectivity index (χ2n) is 4.77. The molecule has 0 radical (unpaired) electrons. The molecule has 0 aromatic carbocycles. The minimum Gasteiger partial charge on any atom is -0.443 e. The second-order valence-corrected chi connectivity index (χ2v) is 4.77. The Morgan fingerprint density at radius 2 is 2.05 bits per heavy atom. The lowest BCUT2D eigenvalue weighted by molar-refractivity contribution is 0.0403. The van der Waals surface area contributed by atoms with Crippen LogP contribution in [0.1, 0.15) is 27.7 Å². The molecular weight excluding hydrogens is 247 g/mol. The van der Waals surface area contributed by atoms with Crippen molar-refractivity contribution >= 4 is 11.9 Å². The lowest BCUT2D eigenvalue weighted by Crippen LogP contribution is -2.37. The van der Waals surface area contributed by atoms with Gasteiger partial charge >= 0.3 is 6.09 Å². The lowest BCUT2D eigenvalue weighted by Gasteiger charge is -2.24. The van der Waals surface area contributed by atoms with Gasteiger partial charge in [-0.2, -0.15) is 4.39 Å². The first-order valence-corrected chi connectivity index (χ1v) is 5.63. The summed E-state index contributed by atoms with van der Waals surface area (Å²) >= 11 is 0. The molecule has 0 saturated heterocycles. The first kappa shape index (κ1) is 16.9. The normalized spacial score (nSPS) is 13.2. The van der Waals surface area contributed by atoms with E-state index in [9.17, 15) is 9.18 Å². The predicted octanol–water partition coefficient (Wildman–Crippen LogP) is 3.27. The van der Waals surface area contributed by atoms with Crippen molar-refractivity contribution in [1.29, 1.82) is 0 Å². The van der Waals surface area contributed by atoms with Gasteiger partial charge in [0.1, 0.15) is 11.4 Å². The molecule has 5 heteroatoms. The summed E-state index contributed by atoms with van der Waals surface area (Å²) in [5.74, 6) is 1.30. The number of nitrogens with zero attached hydrogens (tertiary/aromatic N) is 2. The Morgan fingerprint density at radius 1 is 1.53 bits per heavy atom. The number of carbonyl (C=O) groups is 1. The Hall–Kier alpha value is -2.09. The number of halogens is 1. The number of carbonyl (C=O) groups excluding carboxylic acids is 1. The molecule has 0 N–H and O–H groups in total. The van der Waals surface area contributed by atoms with E-state index in [2.05, 4.69) is 17.5 Å². The van der Waals surface area contributed by atoms with Gasteiger partial charge in [-0.3, -0.25) is 4.90 Å². The van der Waals surface area contributed by atoms with Crippen LogP contribution in [0.25, 0.3) is 0 Å². The summed E-state index contributed by atoms with van der Waals surface area (Å²) in [6, 6.07) is 0. The topological polar surface area (TPSA) is 41.9 Å². The van der Waals surface area contributed by atoms with Crippen molar-refractivity contribution in [3.05, 3.63) is 24.2 Å². The molecule has 19 heavy (non-hydrogen) atoms. The Morgan fingerprint density at radius 3 is 2.42 bits per heavy atom. The average molecular weight is 266 g/mol. The standard InChI is InChI=1S/C14H19FN2O2/c1-8-10(3)12(15)16-11(9-2)17(7)13(18)19-14(4,5)6/h1,9H,2H2,3-7H3/b12-10+,16-11?. The molecule has 0 saturated carbocycles. The van der Waals surface area contributed by atoms with Gasteiger partial charge in [0.2, 0.25) is 5.95 Å². The monoisotopic (exact) mass is 266 g/mol. The fourth-order valence-electron chi connectivity index (χ4n) is 0.925. The summed E-state index contributed by atoms with van der Waals surface area (Å²) < 4.78 is 18.6. The first-order valence-electron chi connectivity index (χ1n) is 5.63. The summed E-state index contributed by atoms with van der Waals surface area (Å²) in [5, 5.41) is 0. The highest BCUT2D eigenvalue weighted by Gasteiger charge is 2.21. The van der Waals surface area contributed by atoms with Gasteiger partial charge < -0.3 is 4.74 Å². The Balaban J connectivity index is 5.19. The maximum Gasteiger partial charge on any atom is 0.415 e. The highest BCUT2D eigenvalue weighted by molar-refractivity contribution is 6.02. The third kappa shape index (κ3) is 5.87. The minimum absolute atomic E-state index is 0.0151. The molecule has 0 aromatic heterocycles. The molecular formula is C14H19FN2O2.